The van der Waals surface area contributed by atoms with E-state index in [4.69, 9.17) is 29.5 Å². The fraction of sp³-hybridized carbons (Fsp3) is 0.458. The van der Waals surface area contributed by atoms with E-state index in [0.29, 0.717) is 31.8 Å². The molecule has 11 heteroatoms. The fourth-order valence-electron chi connectivity index (χ4n) is 4.66. The SMILES string of the molecule is CNCNc1ncc2ccc(-c3nc(N4CCOCC4)nc4c3cnn4C3CCOCC3)cc2n1. The summed E-state index contributed by atoms with van der Waals surface area (Å²) < 4.78 is 13.2. The molecule has 0 saturated carbocycles. The van der Waals surface area contributed by atoms with E-state index in [1.165, 1.54) is 0 Å². The van der Waals surface area contributed by atoms with E-state index in [1.54, 1.807) is 0 Å². The Hall–Kier alpha value is -3.41. The van der Waals surface area contributed by atoms with Crippen molar-refractivity contribution in [2.75, 3.05) is 63.5 Å². The lowest BCUT2D eigenvalue weighted by Gasteiger charge is -2.27. The van der Waals surface area contributed by atoms with Gasteiger partial charge in [-0.25, -0.2) is 19.6 Å². The number of anilines is 2. The first-order chi connectivity index (χ1) is 17.3. The summed E-state index contributed by atoms with van der Waals surface area (Å²) in [5, 5.41) is 12.9. The van der Waals surface area contributed by atoms with Gasteiger partial charge in [-0.2, -0.15) is 10.1 Å². The zero-order valence-electron chi connectivity index (χ0n) is 19.8. The van der Waals surface area contributed by atoms with Crippen LogP contribution < -0.4 is 15.5 Å². The molecule has 2 aliphatic rings. The third-order valence-corrected chi connectivity index (χ3v) is 6.55. The van der Waals surface area contributed by atoms with Crippen molar-refractivity contribution < 1.29 is 9.47 Å². The summed E-state index contributed by atoms with van der Waals surface area (Å²) >= 11 is 0. The maximum atomic E-state index is 5.58. The van der Waals surface area contributed by atoms with E-state index in [1.807, 2.05) is 25.5 Å². The summed E-state index contributed by atoms with van der Waals surface area (Å²) in [6.07, 6.45) is 5.59. The van der Waals surface area contributed by atoms with Crippen LogP contribution in [0.25, 0.3) is 33.2 Å². The van der Waals surface area contributed by atoms with Gasteiger partial charge < -0.3 is 25.0 Å². The van der Waals surface area contributed by atoms with Crippen LogP contribution in [0.3, 0.4) is 0 Å². The molecule has 0 radical (unpaired) electrons. The topological polar surface area (TPSA) is 115 Å². The highest BCUT2D eigenvalue weighted by molar-refractivity contribution is 5.94. The van der Waals surface area contributed by atoms with Gasteiger partial charge >= 0.3 is 0 Å². The average molecular weight is 476 g/mol. The molecule has 0 unspecified atom stereocenters. The van der Waals surface area contributed by atoms with Crippen LogP contribution in [0.2, 0.25) is 0 Å². The second kappa shape index (κ2) is 9.68. The highest BCUT2D eigenvalue weighted by Gasteiger charge is 2.24. The van der Waals surface area contributed by atoms with Crippen LogP contribution in [0.4, 0.5) is 11.9 Å². The molecule has 35 heavy (non-hydrogen) atoms. The number of hydrogen-bond acceptors (Lipinski definition) is 10. The number of rotatable bonds is 6. The minimum absolute atomic E-state index is 0.270. The van der Waals surface area contributed by atoms with Crippen molar-refractivity contribution >= 4 is 33.8 Å². The number of fused-ring (bicyclic) bond motifs is 2. The lowest BCUT2D eigenvalue weighted by atomic mass is 10.1. The molecule has 2 fully saturated rings. The van der Waals surface area contributed by atoms with Gasteiger partial charge in [-0.15, -0.1) is 0 Å². The van der Waals surface area contributed by atoms with E-state index in [9.17, 15) is 0 Å². The second-order valence-electron chi connectivity index (χ2n) is 8.82. The molecular formula is C24H29N9O2. The Bertz CT molecular complexity index is 1330. The van der Waals surface area contributed by atoms with Crippen LogP contribution in [-0.4, -0.2) is 82.9 Å². The zero-order valence-corrected chi connectivity index (χ0v) is 19.8. The molecule has 0 bridgehead atoms. The van der Waals surface area contributed by atoms with Crippen LogP contribution in [0.1, 0.15) is 18.9 Å². The molecule has 2 N–H and O–H groups in total. The number of benzene rings is 1. The lowest BCUT2D eigenvalue weighted by molar-refractivity contribution is 0.0673. The average Bonchev–Trinajstić information content (AvgIpc) is 3.36. The minimum Gasteiger partial charge on any atom is -0.381 e. The largest absolute Gasteiger partial charge is 0.381 e. The molecule has 0 atom stereocenters. The standard InChI is InChI=1S/C24H29N9O2/c1-25-15-27-23-26-13-17-3-2-16(12-20(17)29-23)21-19-14-28-33(18-4-8-34-9-5-18)22(19)31-24(30-21)32-6-10-35-11-7-32/h2-3,12-14,18,25H,4-11,15H2,1H3,(H,26,27,29). The molecule has 1 aromatic carbocycles. The van der Waals surface area contributed by atoms with E-state index in [2.05, 4.69) is 37.3 Å². The van der Waals surface area contributed by atoms with Crippen molar-refractivity contribution in [2.45, 2.75) is 18.9 Å². The van der Waals surface area contributed by atoms with Gasteiger partial charge in [-0.05, 0) is 26.0 Å². The predicted octanol–water partition coefficient (Wildman–Crippen LogP) is 2.21. The van der Waals surface area contributed by atoms with Gasteiger partial charge in [-0.3, -0.25) is 0 Å². The molecule has 0 amide bonds. The number of nitrogens with one attached hydrogen (secondary N) is 2. The first kappa shape index (κ1) is 22.1. The molecule has 0 aliphatic carbocycles. The quantitative estimate of drug-likeness (QED) is 0.402. The minimum atomic E-state index is 0.270. The number of morpholine rings is 1. The maximum Gasteiger partial charge on any atom is 0.228 e. The Morgan fingerprint density at radius 2 is 1.83 bits per heavy atom. The molecule has 3 aromatic heterocycles. The lowest BCUT2D eigenvalue weighted by Crippen LogP contribution is -2.37. The third-order valence-electron chi connectivity index (χ3n) is 6.55. The maximum absolute atomic E-state index is 5.58. The Morgan fingerprint density at radius 3 is 2.66 bits per heavy atom. The summed E-state index contributed by atoms with van der Waals surface area (Å²) in [4.78, 5) is 21.3. The first-order valence-electron chi connectivity index (χ1n) is 12.1. The van der Waals surface area contributed by atoms with Crippen LogP contribution in [-0.2, 0) is 9.47 Å². The molecule has 0 spiro atoms. The van der Waals surface area contributed by atoms with Crippen LogP contribution >= 0.6 is 0 Å². The molecule has 2 saturated heterocycles. The molecular weight excluding hydrogens is 446 g/mol. The van der Waals surface area contributed by atoms with Gasteiger partial charge in [0, 0.05) is 43.4 Å². The number of ether oxygens (including phenoxy) is 2. The molecule has 5 heterocycles. The van der Waals surface area contributed by atoms with Crippen molar-refractivity contribution in [3.8, 4) is 11.3 Å². The van der Waals surface area contributed by atoms with Gasteiger partial charge in [0.25, 0.3) is 0 Å². The predicted molar refractivity (Wildman–Crippen MR) is 134 cm³/mol. The molecule has 6 rings (SSSR count). The smallest absolute Gasteiger partial charge is 0.228 e. The van der Waals surface area contributed by atoms with Crippen molar-refractivity contribution in [1.29, 1.82) is 0 Å². The second-order valence-corrected chi connectivity index (χ2v) is 8.82. The van der Waals surface area contributed by atoms with E-state index in [0.717, 1.165) is 72.3 Å². The highest BCUT2D eigenvalue weighted by atomic mass is 16.5. The fourth-order valence-corrected chi connectivity index (χ4v) is 4.66. The molecule has 4 aromatic rings. The van der Waals surface area contributed by atoms with Crippen LogP contribution in [0.5, 0.6) is 0 Å². The first-order valence-corrected chi connectivity index (χ1v) is 12.1. The van der Waals surface area contributed by atoms with Gasteiger partial charge in [0.2, 0.25) is 11.9 Å². The summed E-state index contributed by atoms with van der Waals surface area (Å²) in [7, 11) is 1.87. The van der Waals surface area contributed by atoms with Crippen molar-refractivity contribution in [3.63, 3.8) is 0 Å². The van der Waals surface area contributed by atoms with E-state index in [-0.39, 0.29) is 6.04 Å². The van der Waals surface area contributed by atoms with E-state index < -0.39 is 0 Å². The Balaban J connectivity index is 1.47. The molecule has 11 nitrogen and oxygen atoms in total. The van der Waals surface area contributed by atoms with Crippen molar-refractivity contribution in [3.05, 3.63) is 30.6 Å². The van der Waals surface area contributed by atoms with Crippen LogP contribution in [0, 0.1) is 0 Å². The number of nitrogens with zero attached hydrogens (tertiary/aromatic N) is 7. The molecule has 2 aliphatic heterocycles. The summed E-state index contributed by atoms with van der Waals surface area (Å²) in [6.45, 7) is 4.95. The number of hydrogen-bond donors (Lipinski definition) is 2. The normalized spacial score (nSPS) is 17.3. The summed E-state index contributed by atoms with van der Waals surface area (Å²) in [5.74, 6) is 1.29. The number of aromatic nitrogens is 6. The monoisotopic (exact) mass is 475 g/mol. The van der Waals surface area contributed by atoms with Crippen LogP contribution in [0.15, 0.2) is 30.6 Å². The highest BCUT2D eigenvalue weighted by Crippen LogP contribution is 2.33. The summed E-state index contributed by atoms with van der Waals surface area (Å²) in [6, 6.07) is 6.45. The van der Waals surface area contributed by atoms with Crippen molar-refractivity contribution in [2.24, 2.45) is 0 Å². The summed E-state index contributed by atoms with van der Waals surface area (Å²) in [5.41, 5.74) is 3.56. The van der Waals surface area contributed by atoms with Gasteiger partial charge in [0.1, 0.15) is 0 Å². The van der Waals surface area contributed by atoms with Crippen molar-refractivity contribution in [1.82, 2.24) is 35.0 Å². The van der Waals surface area contributed by atoms with Gasteiger partial charge in [0.15, 0.2) is 5.65 Å². The van der Waals surface area contributed by atoms with E-state index >= 15 is 0 Å². The third kappa shape index (κ3) is 4.38. The van der Waals surface area contributed by atoms with Gasteiger partial charge in [0.05, 0.1) is 48.7 Å². The Kier molecular flexibility index (Phi) is 6.11. The van der Waals surface area contributed by atoms with Gasteiger partial charge in [-0.1, -0.05) is 12.1 Å². The Labute approximate surface area is 202 Å². The Morgan fingerprint density at radius 1 is 1.00 bits per heavy atom. The zero-order chi connectivity index (χ0) is 23.6. The molecule has 182 valence electrons.